The van der Waals surface area contributed by atoms with Crippen LogP contribution in [0.2, 0.25) is 0 Å². The van der Waals surface area contributed by atoms with E-state index >= 15 is 0 Å². The van der Waals surface area contributed by atoms with E-state index in [1.165, 1.54) is 9.87 Å². The quantitative estimate of drug-likeness (QED) is 0.531. The van der Waals surface area contributed by atoms with E-state index in [4.69, 9.17) is 4.52 Å². The molecule has 2 aliphatic rings. The maximum atomic E-state index is 13.2. The summed E-state index contributed by atoms with van der Waals surface area (Å²) in [4.78, 5) is 19.3. The third-order valence-electron chi connectivity index (χ3n) is 7.15. The standard InChI is InChI=1S/C26H30N4O4S/c1-18-5-6-22(17-19(18)2)25-27-24(28-34-25)20-7-9-23(10-8-20)35(32,33)30-15-11-21(12-16-30)26(31)29-13-3-4-14-29/h5-10,17,21H,3-4,11-16H2,1-2H3. The zero-order valence-corrected chi connectivity index (χ0v) is 20.9. The zero-order valence-electron chi connectivity index (χ0n) is 20.1. The molecule has 184 valence electrons. The molecule has 2 aliphatic heterocycles. The van der Waals surface area contributed by atoms with Gasteiger partial charge in [-0.15, -0.1) is 0 Å². The predicted molar refractivity (Wildman–Crippen MR) is 132 cm³/mol. The van der Waals surface area contributed by atoms with E-state index in [0.29, 0.717) is 43.2 Å². The first-order chi connectivity index (χ1) is 16.8. The molecule has 0 saturated carbocycles. The normalized spacial score (nSPS) is 17.7. The Balaban J connectivity index is 1.26. The Morgan fingerprint density at radius 3 is 2.23 bits per heavy atom. The van der Waals surface area contributed by atoms with Crippen LogP contribution in [-0.4, -0.2) is 59.8 Å². The molecule has 3 aromatic rings. The van der Waals surface area contributed by atoms with Crippen LogP contribution in [0, 0.1) is 19.8 Å². The minimum atomic E-state index is -3.63. The average Bonchev–Trinajstić information content (AvgIpc) is 3.58. The number of piperidine rings is 1. The summed E-state index contributed by atoms with van der Waals surface area (Å²) in [6.45, 7) is 6.46. The first-order valence-electron chi connectivity index (χ1n) is 12.1. The highest BCUT2D eigenvalue weighted by atomic mass is 32.2. The van der Waals surface area contributed by atoms with Crippen molar-refractivity contribution in [2.75, 3.05) is 26.2 Å². The average molecular weight is 495 g/mol. The number of nitrogens with zero attached hydrogens (tertiary/aromatic N) is 4. The fraction of sp³-hybridized carbons (Fsp3) is 0.423. The van der Waals surface area contributed by atoms with E-state index in [1.807, 2.05) is 36.9 Å². The van der Waals surface area contributed by atoms with Gasteiger partial charge in [0, 0.05) is 43.2 Å². The van der Waals surface area contributed by atoms with Crippen molar-refractivity contribution in [1.29, 1.82) is 0 Å². The molecule has 3 heterocycles. The number of amides is 1. The molecule has 2 fully saturated rings. The molecule has 2 aromatic carbocycles. The van der Waals surface area contributed by atoms with Crippen LogP contribution in [0.5, 0.6) is 0 Å². The van der Waals surface area contributed by atoms with Gasteiger partial charge in [0.1, 0.15) is 0 Å². The SMILES string of the molecule is Cc1ccc(-c2nc(-c3ccc(S(=O)(=O)N4CCC(C(=O)N5CCCC5)CC4)cc3)no2)cc1C. The topological polar surface area (TPSA) is 96.6 Å². The third kappa shape index (κ3) is 4.75. The minimum absolute atomic E-state index is 0.0771. The zero-order chi connectivity index (χ0) is 24.6. The highest BCUT2D eigenvalue weighted by molar-refractivity contribution is 7.89. The van der Waals surface area contributed by atoms with Gasteiger partial charge >= 0.3 is 0 Å². The molecule has 1 aromatic heterocycles. The smallest absolute Gasteiger partial charge is 0.258 e. The van der Waals surface area contributed by atoms with Crippen LogP contribution >= 0.6 is 0 Å². The summed E-state index contributed by atoms with van der Waals surface area (Å²) >= 11 is 0. The molecule has 35 heavy (non-hydrogen) atoms. The molecule has 2 saturated heterocycles. The molecule has 1 amide bonds. The van der Waals surface area contributed by atoms with E-state index in [-0.39, 0.29) is 16.7 Å². The van der Waals surface area contributed by atoms with Crippen molar-refractivity contribution in [3.8, 4) is 22.8 Å². The molecule has 0 N–H and O–H groups in total. The van der Waals surface area contributed by atoms with Crippen molar-refractivity contribution in [3.05, 3.63) is 53.6 Å². The molecule has 0 aliphatic carbocycles. The summed E-state index contributed by atoms with van der Waals surface area (Å²) in [5.74, 6) is 0.936. The number of aryl methyl sites for hydroxylation is 2. The van der Waals surface area contributed by atoms with Crippen molar-refractivity contribution in [1.82, 2.24) is 19.3 Å². The van der Waals surface area contributed by atoms with E-state index in [2.05, 4.69) is 10.1 Å². The molecule has 0 radical (unpaired) electrons. The second-order valence-corrected chi connectivity index (χ2v) is 11.4. The maximum Gasteiger partial charge on any atom is 0.258 e. The fourth-order valence-corrected chi connectivity index (χ4v) is 6.27. The van der Waals surface area contributed by atoms with Crippen LogP contribution in [-0.2, 0) is 14.8 Å². The molecule has 9 heteroatoms. The number of aromatic nitrogens is 2. The first-order valence-corrected chi connectivity index (χ1v) is 13.6. The number of hydrogen-bond donors (Lipinski definition) is 0. The van der Waals surface area contributed by atoms with Gasteiger partial charge < -0.3 is 9.42 Å². The van der Waals surface area contributed by atoms with Gasteiger partial charge in [-0.1, -0.05) is 11.2 Å². The highest BCUT2D eigenvalue weighted by Crippen LogP contribution is 2.28. The second-order valence-electron chi connectivity index (χ2n) is 9.46. The van der Waals surface area contributed by atoms with Gasteiger partial charge in [-0.2, -0.15) is 9.29 Å². The van der Waals surface area contributed by atoms with E-state index in [0.717, 1.165) is 37.1 Å². The summed E-state index contributed by atoms with van der Waals surface area (Å²) in [5.41, 5.74) is 3.85. The lowest BCUT2D eigenvalue weighted by molar-refractivity contribution is -0.135. The van der Waals surface area contributed by atoms with E-state index < -0.39 is 10.0 Å². The fourth-order valence-electron chi connectivity index (χ4n) is 4.80. The second kappa shape index (κ2) is 9.54. The van der Waals surface area contributed by atoms with Crippen molar-refractivity contribution in [2.45, 2.75) is 44.4 Å². The Bertz CT molecular complexity index is 1320. The number of likely N-dealkylation sites (tertiary alicyclic amines) is 1. The van der Waals surface area contributed by atoms with Crippen molar-refractivity contribution in [2.24, 2.45) is 5.92 Å². The van der Waals surface area contributed by atoms with Gasteiger partial charge in [0.05, 0.1) is 4.90 Å². The minimum Gasteiger partial charge on any atom is -0.342 e. The molecule has 0 spiro atoms. The molecule has 5 rings (SSSR count). The summed E-state index contributed by atoms with van der Waals surface area (Å²) in [6.07, 6.45) is 3.26. The van der Waals surface area contributed by atoms with Crippen molar-refractivity contribution in [3.63, 3.8) is 0 Å². The van der Waals surface area contributed by atoms with Crippen molar-refractivity contribution < 1.29 is 17.7 Å². The molecule has 0 atom stereocenters. The van der Waals surface area contributed by atoms with Crippen LogP contribution < -0.4 is 0 Å². The molecule has 8 nitrogen and oxygen atoms in total. The van der Waals surface area contributed by atoms with E-state index in [1.54, 1.807) is 24.3 Å². The number of hydrogen-bond acceptors (Lipinski definition) is 6. The lowest BCUT2D eigenvalue weighted by atomic mass is 9.97. The van der Waals surface area contributed by atoms with Crippen LogP contribution in [0.4, 0.5) is 0 Å². The van der Waals surface area contributed by atoms with E-state index in [9.17, 15) is 13.2 Å². The number of sulfonamides is 1. The number of carbonyl (C=O) groups excluding carboxylic acids is 1. The Labute approximate surface area is 206 Å². The largest absolute Gasteiger partial charge is 0.342 e. The predicted octanol–water partition coefficient (Wildman–Crippen LogP) is 4.04. The van der Waals surface area contributed by atoms with Crippen LogP contribution in [0.3, 0.4) is 0 Å². The summed E-state index contributed by atoms with van der Waals surface area (Å²) in [5, 5.41) is 4.07. The summed E-state index contributed by atoms with van der Waals surface area (Å²) < 4.78 is 33.3. The Morgan fingerprint density at radius 1 is 0.914 bits per heavy atom. The van der Waals surface area contributed by atoms with Gasteiger partial charge in [-0.25, -0.2) is 8.42 Å². The lowest BCUT2D eigenvalue weighted by Crippen LogP contribution is -2.43. The number of carbonyl (C=O) groups is 1. The lowest BCUT2D eigenvalue weighted by Gasteiger charge is -2.32. The monoisotopic (exact) mass is 494 g/mol. The first kappa shape index (κ1) is 23.7. The summed E-state index contributed by atoms with van der Waals surface area (Å²) in [6, 6.07) is 12.5. The van der Waals surface area contributed by atoms with Crippen LogP contribution in [0.1, 0.15) is 36.8 Å². The van der Waals surface area contributed by atoms with Crippen molar-refractivity contribution >= 4 is 15.9 Å². The highest BCUT2D eigenvalue weighted by Gasteiger charge is 2.34. The van der Waals surface area contributed by atoms with Gasteiger partial charge in [0.2, 0.25) is 21.8 Å². The molecule has 0 bridgehead atoms. The maximum absolute atomic E-state index is 13.2. The molecule has 0 unspecified atom stereocenters. The van der Waals surface area contributed by atoms with Gasteiger partial charge in [-0.3, -0.25) is 4.79 Å². The molecular formula is C26H30N4O4S. The number of rotatable bonds is 5. The van der Waals surface area contributed by atoms with Gasteiger partial charge in [0.25, 0.3) is 5.89 Å². The Hall–Kier alpha value is -3.04. The van der Waals surface area contributed by atoms with Crippen LogP contribution in [0.15, 0.2) is 51.9 Å². The Morgan fingerprint density at radius 2 is 1.57 bits per heavy atom. The number of benzene rings is 2. The third-order valence-corrected chi connectivity index (χ3v) is 9.06. The Kier molecular flexibility index (Phi) is 6.46. The molecular weight excluding hydrogens is 464 g/mol. The van der Waals surface area contributed by atoms with Gasteiger partial charge in [-0.05, 0) is 87.1 Å². The van der Waals surface area contributed by atoms with Crippen LogP contribution in [0.25, 0.3) is 22.8 Å². The summed E-state index contributed by atoms with van der Waals surface area (Å²) in [7, 11) is -3.63. The van der Waals surface area contributed by atoms with Gasteiger partial charge in [0.15, 0.2) is 0 Å².